The zero-order valence-electron chi connectivity index (χ0n) is 11.0. The van der Waals surface area contributed by atoms with Crippen LogP contribution in [0.4, 0.5) is 0 Å². The van der Waals surface area contributed by atoms with E-state index < -0.39 is 5.97 Å². The van der Waals surface area contributed by atoms with Gasteiger partial charge in [0.2, 0.25) is 0 Å². The molecular weight excluding hydrogens is 230 g/mol. The lowest BCUT2D eigenvalue weighted by atomic mass is 9.93. The molecule has 0 bridgehead atoms. The average Bonchev–Trinajstić information content (AvgIpc) is 2.93. The molecule has 1 fully saturated rings. The Bertz CT molecular complexity index is 413. The summed E-state index contributed by atoms with van der Waals surface area (Å²) in [7, 11) is 0. The first kappa shape index (κ1) is 13.1. The highest BCUT2D eigenvalue weighted by atomic mass is 16.4. The number of rotatable bonds is 5. The summed E-state index contributed by atoms with van der Waals surface area (Å²) < 4.78 is 5.23. The highest BCUT2D eigenvalue weighted by Gasteiger charge is 2.31. The van der Waals surface area contributed by atoms with Crippen LogP contribution >= 0.6 is 0 Å². The zero-order valence-corrected chi connectivity index (χ0v) is 11.0. The van der Waals surface area contributed by atoms with Gasteiger partial charge in [-0.05, 0) is 30.7 Å². The lowest BCUT2D eigenvalue weighted by Crippen LogP contribution is -2.32. The van der Waals surface area contributed by atoms with E-state index in [0.29, 0.717) is 24.3 Å². The van der Waals surface area contributed by atoms with Gasteiger partial charge in [0, 0.05) is 6.04 Å². The Morgan fingerprint density at radius 3 is 2.89 bits per heavy atom. The molecule has 1 aromatic rings. The number of carboxylic acids is 1. The molecule has 0 aromatic carbocycles. The molecule has 0 saturated heterocycles. The van der Waals surface area contributed by atoms with E-state index >= 15 is 0 Å². The minimum absolute atomic E-state index is 0.220. The van der Waals surface area contributed by atoms with Gasteiger partial charge >= 0.3 is 5.97 Å². The summed E-state index contributed by atoms with van der Waals surface area (Å²) in [5.41, 5.74) is 0.220. The van der Waals surface area contributed by atoms with Gasteiger partial charge in [-0.2, -0.15) is 0 Å². The minimum Gasteiger partial charge on any atom is -0.478 e. The van der Waals surface area contributed by atoms with Crippen LogP contribution in [0.25, 0.3) is 0 Å². The molecule has 1 aromatic heterocycles. The highest BCUT2D eigenvalue weighted by molar-refractivity contribution is 5.87. The second kappa shape index (κ2) is 5.57. The maximum absolute atomic E-state index is 10.7. The molecule has 4 heteroatoms. The fourth-order valence-electron chi connectivity index (χ4n) is 2.93. The Kier molecular flexibility index (Phi) is 4.07. The Balaban J connectivity index is 1.86. The number of aromatic carboxylic acids is 1. The lowest BCUT2D eigenvalue weighted by molar-refractivity contribution is 0.0696. The van der Waals surface area contributed by atoms with Crippen LogP contribution in [-0.2, 0) is 6.54 Å². The van der Waals surface area contributed by atoms with Crippen molar-refractivity contribution >= 4 is 5.97 Å². The van der Waals surface area contributed by atoms with Gasteiger partial charge in [0.05, 0.1) is 12.1 Å². The summed E-state index contributed by atoms with van der Waals surface area (Å²) in [5.74, 6) is 1.25. The normalized spacial score (nSPS) is 27.6. The van der Waals surface area contributed by atoms with Crippen molar-refractivity contribution in [3.05, 3.63) is 23.7 Å². The first-order valence-corrected chi connectivity index (χ1v) is 6.66. The fraction of sp³-hybridized carbons (Fsp3) is 0.643. The molecule has 1 aliphatic rings. The van der Waals surface area contributed by atoms with Crippen LogP contribution in [0, 0.1) is 11.8 Å². The van der Waals surface area contributed by atoms with Crippen LogP contribution in [0.5, 0.6) is 0 Å². The Labute approximate surface area is 107 Å². The molecule has 18 heavy (non-hydrogen) atoms. The number of carboxylic acid groups (broad SMARTS) is 1. The first-order chi connectivity index (χ1) is 8.61. The van der Waals surface area contributed by atoms with Gasteiger partial charge in [0.25, 0.3) is 0 Å². The van der Waals surface area contributed by atoms with E-state index in [0.717, 1.165) is 5.92 Å². The number of nitrogens with one attached hydrogen (secondary N) is 1. The maximum Gasteiger partial charge on any atom is 0.338 e. The molecular formula is C14H21NO3. The van der Waals surface area contributed by atoms with Crippen molar-refractivity contribution in [3.63, 3.8) is 0 Å². The Morgan fingerprint density at radius 1 is 1.56 bits per heavy atom. The molecule has 4 nitrogen and oxygen atoms in total. The van der Waals surface area contributed by atoms with E-state index in [4.69, 9.17) is 9.52 Å². The quantitative estimate of drug-likeness (QED) is 0.844. The number of hydrogen-bond acceptors (Lipinski definition) is 3. The molecule has 0 spiro atoms. The monoisotopic (exact) mass is 251 g/mol. The van der Waals surface area contributed by atoms with E-state index in [-0.39, 0.29) is 5.56 Å². The van der Waals surface area contributed by atoms with Crippen molar-refractivity contribution in [1.29, 1.82) is 0 Å². The van der Waals surface area contributed by atoms with Crippen molar-refractivity contribution in [2.45, 2.75) is 45.7 Å². The van der Waals surface area contributed by atoms with Gasteiger partial charge in [-0.3, -0.25) is 0 Å². The van der Waals surface area contributed by atoms with Crippen LogP contribution in [0.3, 0.4) is 0 Å². The van der Waals surface area contributed by atoms with Gasteiger partial charge in [-0.1, -0.05) is 20.3 Å². The second-order valence-electron chi connectivity index (χ2n) is 5.20. The van der Waals surface area contributed by atoms with Crippen molar-refractivity contribution in [1.82, 2.24) is 5.32 Å². The first-order valence-electron chi connectivity index (χ1n) is 6.66. The molecule has 0 radical (unpaired) electrons. The van der Waals surface area contributed by atoms with Crippen LogP contribution in [-0.4, -0.2) is 17.1 Å². The topological polar surface area (TPSA) is 62.5 Å². The van der Waals surface area contributed by atoms with E-state index in [1.54, 1.807) is 6.07 Å². The maximum atomic E-state index is 10.7. The van der Waals surface area contributed by atoms with Crippen LogP contribution in [0.15, 0.2) is 16.7 Å². The van der Waals surface area contributed by atoms with Crippen LogP contribution in [0.1, 0.15) is 49.2 Å². The summed E-state index contributed by atoms with van der Waals surface area (Å²) in [6.45, 7) is 5.15. The predicted molar refractivity (Wildman–Crippen MR) is 68.5 cm³/mol. The van der Waals surface area contributed by atoms with Crippen LogP contribution < -0.4 is 5.32 Å². The second-order valence-corrected chi connectivity index (χ2v) is 5.20. The average molecular weight is 251 g/mol. The summed E-state index contributed by atoms with van der Waals surface area (Å²) in [6, 6.07) is 2.11. The summed E-state index contributed by atoms with van der Waals surface area (Å²) >= 11 is 0. The zero-order chi connectivity index (χ0) is 13.1. The van der Waals surface area contributed by atoms with Crippen molar-refractivity contribution in [2.75, 3.05) is 0 Å². The highest BCUT2D eigenvalue weighted by Crippen LogP contribution is 2.33. The molecule has 0 amide bonds. The molecule has 2 N–H and O–H groups in total. The fourth-order valence-corrected chi connectivity index (χ4v) is 2.93. The minimum atomic E-state index is -0.940. The van der Waals surface area contributed by atoms with Gasteiger partial charge in [-0.25, -0.2) is 4.79 Å². The SMILES string of the molecule is CCC1CCC(NCc2cc(C(=O)O)co2)C1C. The van der Waals surface area contributed by atoms with E-state index in [1.807, 2.05) is 0 Å². The van der Waals surface area contributed by atoms with E-state index in [9.17, 15) is 4.79 Å². The van der Waals surface area contributed by atoms with Gasteiger partial charge in [0.15, 0.2) is 0 Å². The molecule has 100 valence electrons. The van der Waals surface area contributed by atoms with Gasteiger partial charge < -0.3 is 14.8 Å². The summed E-state index contributed by atoms with van der Waals surface area (Å²) in [4.78, 5) is 10.7. The largest absolute Gasteiger partial charge is 0.478 e. The molecule has 1 aliphatic carbocycles. The number of hydrogen-bond donors (Lipinski definition) is 2. The standard InChI is InChI=1S/C14H21NO3/c1-3-10-4-5-13(9(10)2)15-7-12-6-11(8-18-12)14(16)17/h6,8-10,13,15H,3-5,7H2,1-2H3,(H,16,17). The molecule has 3 atom stereocenters. The molecule has 0 aliphatic heterocycles. The van der Waals surface area contributed by atoms with E-state index in [2.05, 4.69) is 19.2 Å². The third kappa shape index (κ3) is 2.75. The Hall–Kier alpha value is -1.29. The number of carbonyl (C=O) groups is 1. The summed E-state index contributed by atoms with van der Waals surface area (Å²) in [5, 5.41) is 12.3. The molecule has 2 rings (SSSR count). The number of furan rings is 1. The van der Waals surface area contributed by atoms with Crippen LogP contribution in [0.2, 0.25) is 0 Å². The lowest BCUT2D eigenvalue weighted by Gasteiger charge is -2.20. The third-order valence-electron chi connectivity index (χ3n) is 4.19. The van der Waals surface area contributed by atoms with Crippen molar-refractivity contribution in [3.8, 4) is 0 Å². The summed E-state index contributed by atoms with van der Waals surface area (Å²) in [6.07, 6.45) is 5.02. The predicted octanol–water partition coefficient (Wildman–Crippen LogP) is 2.89. The van der Waals surface area contributed by atoms with E-state index in [1.165, 1.54) is 25.5 Å². The Morgan fingerprint density at radius 2 is 2.33 bits per heavy atom. The van der Waals surface area contributed by atoms with Gasteiger partial charge in [-0.15, -0.1) is 0 Å². The smallest absolute Gasteiger partial charge is 0.338 e. The third-order valence-corrected chi connectivity index (χ3v) is 4.19. The molecule has 1 saturated carbocycles. The van der Waals surface area contributed by atoms with Crippen molar-refractivity contribution < 1.29 is 14.3 Å². The molecule has 3 unspecified atom stereocenters. The van der Waals surface area contributed by atoms with Crippen molar-refractivity contribution in [2.24, 2.45) is 11.8 Å². The van der Waals surface area contributed by atoms with Gasteiger partial charge in [0.1, 0.15) is 12.0 Å². The molecule has 1 heterocycles.